The summed E-state index contributed by atoms with van der Waals surface area (Å²) in [5, 5.41) is 0. The zero-order valence-electron chi connectivity index (χ0n) is 19.4. The van der Waals surface area contributed by atoms with E-state index in [1.54, 1.807) is 0 Å². The van der Waals surface area contributed by atoms with Gasteiger partial charge in [0, 0.05) is 43.9 Å². The number of carbonyl (C=O) groups excluding carboxylic acids is 1. The molecule has 1 saturated heterocycles. The Labute approximate surface area is 190 Å². The molecule has 1 atom stereocenters. The van der Waals surface area contributed by atoms with Crippen LogP contribution in [0.1, 0.15) is 30.5 Å². The van der Waals surface area contributed by atoms with Crippen LogP contribution in [-0.2, 0) is 26.1 Å². The summed E-state index contributed by atoms with van der Waals surface area (Å²) in [7, 11) is 4.09. The molecule has 2 heterocycles. The fourth-order valence-electron chi connectivity index (χ4n) is 4.84. The monoisotopic (exact) mass is 432 g/mol. The second-order valence-electron chi connectivity index (χ2n) is 9.09. The highest BCUT2D eigenvalue weighted by atomic mass is 16.5. The Kier molecular flexibility index (Phi) is 6.11. The van der Waals surface area contributed by atoms with Crippen LogP contribution in [0.25, 0.3) is 6.08 Å². The number of rotatable bonds is 8. The first-order valence-electron chi connectivity index (χ1n) is 11.1. The van der Waals surface area contributed by atoms with Crippen molar-refractivity contribution in [2.24, 2.45) is 0 Å². The van der Waals surface area contributed by atoms with Crippen LogP contribution in [-0.4, -0.2) is 46.1 Å². The molecule has 1 fully saturated rings. The van der Waals surface area contributed by atoms with Gasteiger partial charge in [-0.2, -0.15) is 0 Å². The van der Waals surface area contributed by atoms with E-state index < -0.39 is 5.72 Å². The molecule has 168 valence electrons. The van der Waals surface area contributed by atoms with Crippen LogP contribution in [0.3, 0.4) is 0 Å². The number of fused-ring (bicyclic) bond motifs is 3. The third-order valence-corrected chi connectivity index (χ3v) is 6.67. The van der Waals surface area contributed by atoms with E-state index in [1.807, 2.05) is 14.1 Å². The van der Waals surface area contributed by atoms with E-state index in [2.05, 4.69) is 90.4 Å². The average molecular weight is 433 g/mol. The van der Waals surface area contributed by atoms with Crippen molar-refractivity contribution in [2.45, 2.75) is 31.4 Å². The fraction of sp³-hybridized carbons (Fsp3) is 0.370. The Morgan fingerprint density at radius 3 is 2.62 bits per heavy atom. The Hall–Kier alpha value is -3.05. The molecule has 0 N–H and O–H groups in total. The first-order chi connectivity index (χ1) is 15.4. The van der Waals surface area contributed by atoms with E-state index in [0.29, 0.717) is 26.1 Å². The minimum atomic E-state index is -0.508. The summed E-state index contributed by atoms with van der Waals surface area (Å²) in [6.07, 6.45) is 9.20. The van der Waals surface area contributed by atoms with Crippen molar-refractivity contribution in [2.75, 3.05) is 43.7 Å². The number of ether oxygens (including phenoxy) is 2. The smallest absolute Gasteiger partial charge is 0.293 e. The molecule has 0 spiro atoms. The van der Waals surface area contributed by atoms with E-state index in [-0.39, 0.29) is 5.41 Å². The van der Waals surface area contributed by atoms with Crippen molar-refractivity contribution in [3.63, 3.8) is 0 Å². The molecule has 2 aliphatic rings. The largest absolute Gasteiger partial charge is 0.468 e. The Morgan fingerprint density at radius 2 is 1.91 bits per heavy atom. The molecule has 4 rings (SSSR count). The molecule has 0 radical (unpaired) electrons. The third-order valence-electron chi connectivity index (χ3n) is 6.67. The number of anilines is 2. The van der Waals surface area contributed by atoms with Gasteiger partial charge in [0.15, 0.2) is 5.72 Å². The van der Waals surface area contributed by atoms with Gasteiger partial charge >= 0.3 is 0 Å². The Bertz CT molecular complexity index is 1020. The maximum atomic E-state index is 10.5. The minimum Gasteiger partial charge on any atom is -0.468 e. The van der Waals surface area contributed by atoms with E-state index in [0.717, 1.165) is 17.7 Å². The number of nitrogens with zero attached hydrogens (tertiary/aromatic N) is 2. The summed E-state index contributed by atoms with van der Waals surface area (Å²) in [4.78, 5) is 14.9. The second-order valence-corrected chi connectivity index (χ2v) is 9.09. The molecule has 0 amide bonds. The molecule has 0 aromatic heterocycles. The lowest BCUT2D eigenvalue weighted by Gasteiger charge is -2.39. The van der Waals surface area contributed by atoms with Gasteiger partial charge in [0.1, 0.15) is 0 Å². The predicted molar refractivity (Wildman–Crippen MR) is 130 cm³/mol. The molecular weight excluding hydrogens is 400 g/mol. The van der Waals surface area contributed by atoms with Crippen LogP contribution >= 0.6 is 0 Å². The highest BCUT2D eigenvalue weighted by Crippen LogP contribution is 2.55. The molecule has 2 aromatic rings. The van der Waals surface area contributed by atoms with Gasteiger partial charge in [-0.1, -0.05) is 56.3 Å². The third kappa shape index (κ3) is 3.82. The lowest BCUT2D eigenvalue weighted by Crippen LogP contribution is -2.51. The first kappa shape index (κ1) is 22.2. The molecular formula is C27H32N2O3. The van der Waals surface area contributed by atoms with Crippen LogP contribution in [0.5, 0.6) is 0 Å². The zero-order chi connectivity index (χ0) is 22.8. The fourth-order valence-corrected chi connectivity index (χ4v) is 4.84. The van der Waals surface area contributed by atoms with Crippen LogP contribution in [0, 0.1) is 0 Å². The van der Waals surface area contributed by atoms with Gasteiger partial charge in [-0.05, 0) is 41.0 Å². The van der Waals surface area contributed by atoms with Crippen LogP contribution in [0.15, 0.2) is 60.7 Å². The topological polar surface area (TPSA) is 42.0 Å². The van der Waals surface area contributed by atoms with Gasteiger partial charge in [0.25, 0.3) is 6.47 Å². The van der Waals surface area contributed by atoms with Gasteiger partial charge in [-0.15, -0.1) is 0 Å². The first-order valence-corrected chi connectivity index (χ1v) is 11.1. The number of allylic oxidation sites excluding steroid dienone is 2. The number of carbonyl (C=O) groups is 1. The summed E-state index contributed by atoms with van der Waals surface area (Å²) >= 11 is 0. The van der Waals surface area contributed by atoms with Gasteiger partial charge in [-0.25, -0.2) is 0 Å². The van der Waals surface area contributed by atoms with Crippen molar-refractivity contribution in [3.05, 3.63) is 77.4 Å². The van der Waals surface area contributed by atoms with E-state index >= 15 is 0 Å². The maximum Gasteiger partial charge on any atom is 0.293 e. The molecule has 0 bridgehead atoms. The SMILES string of the molecule is CN(C)c1ccc(C=CC=CC23OCCN2c2cc(CCOC=O)ccc2C3(C)C)cc1. The summed E-state index contributed by atoms with van der Waals surface area (Å²) < 4.78 is 11.3. The lowest BCUT2D eigenvalue weighted by atomic mass is 9.77. The van der Waals surface area contributed by atoms with Gasteiger partial charge < -0.3 is 19.3 Å². The van der Waals surface area contributed by atoms with E-state index in [9.17, 15) is 4.79 Å². The standard InChI is InChI=1S/C27H32N2O3/c1-26(2)24-13-10-22(14-17-31-20-30)19-25(24)29-16-18-32-27(26,29)15-6-5-7-21-8-11-23(12-9-21)28(3)4/h5-13,15,19-20H,14,16-18H2,1-4H3. The lowest BCUT2D eigenvalue weighted by molar-refractivity contribution is -0.128. The quantitative estimate of drug-likeness (QED) is 0.347. The normalized spacial score (nSPS) is 21.2. The summed E-state index contributed by atoms with van der Waals surface area (Å²) in [6, 6.07) is 15.0. The van der Waals surface area contributed by atoms with Gasteiger partial charge in [0.05, 0.1) is 13.2 Å². The predicted octanol–water partition coefficient (Wildman–Crippen LogP) is 4.56. The molecule has 2 aromatic carbocycles. The van der Waals surface area contributed by atoms with Crippen molar-refractivity contribution in [3.8, 4) is 0 Å². The molecule has 2 aliphatic heterocycles. The highest BCUT2D eigenvalue weighted by molar-refractivity contribution is 5.69. The molecule has 0 aliphatic carbocycles. The van der Waals surface area contributed by atoms with Gasteiger partial charge in [-0.3, -0.25) is 4.79 Å². The molecule has 32 heavy (non-hydrogen) atoms. The van der Waals surface area contributed by atoms with Crippen LogP contribution in [0.4, 0.5) is 11.4 Å². The summed E-state index contributed by atoms with van der Waals surface area (Å²) in [6.45, 7) is 6.95. The summed E-state index contributed by atoms with van der Waals surface area (Å²) in [5.41, 5.74) is 5.30. The minimum absolute atomic E-state index is 0.200. The van der Waals surface area contributed by atoms with Crippen LogP contribution in [0.2, 0.25) is 0 Å². The average Bonchev–Trinajstić information content (AvgIpc) is 3.29. The van der Waals surface area contributed by atoms with Crippen molar-refractivity contribution in [1.29, 1.82) is 0 Å². The maximum absolute atomic E-state index is 10.5. The number of benzene rings is 2. The van der Waals surface area contributed by atoms with Crippen LogP contribution < -0.4 is 9.80 Å². The molecule has 1 unspecified atom stereocenters. The van der Waals surface area contributed by atoms with Crippen molar-refractivity contribution < 1.29 is 14.3 Å². The Morgan fingerprint density at radius 1 is 1.12 bits per heavy atom. The van der Waals surface area contributed by atoms with Crippen molar-refractivity contribution >= 4 is 23.9 Å². The molecule has 0 saturated carbocycles. The molecule has 5 nitrogen and oxygen atoms in total. The zero-order valence-corrected chi connectivity index (χ0v) is 19.4. The highest BCUT2D eigenvalue weighted by Gasteiger charge is 2.59. The Balaban J connectivity index is 1.56. The van der Waals surface area contributed by atoms with Gasteiger partial charge in [0.2, 0.25) is 0 Å². The van der Waals surface area contributed by atoms with E-state index in [1.165, 1.54) is 16.9 Å². The summed E-state index contributed by atoms with van der Waals surface area (Å²) in [5.74, 6) is 0. The second kappa shape index (κ2) is 8.83. The molecule has 5 heteroatoms. The van der Waals surface area contributed by atoms with Crippen molar-refractivity contribution in [1.82, 2.24) is 0 Å². The number of hydrogen-bond donors (Lipinski definition) is 0. The van der Waals surface area contributed by atoms with E-state index in [4.69, 9.17) is 9.47 Å². The number of hydrogen-bond acceptors (Lipinski definition) is 5.